The van der Waals surface area contributed by atoms with E-state index in [0.717, 1.165) is 5.56 Å². The summed E-state index contributed by atoms with van der Waals surface area (Å²) < 4.78 is 10.9. The van der Waals surface area contributed by atoms with E-state index in [0.29, 0.717) is 22.9 Å². The fourth-order valence-corrected chi connectivity index (χ4v) is 2.58. The van der Waals surface area contributed by atoms with Gasteiger partial charge in [-0.05, 0) is 48.0 Å². The van der Waals surface area contributed by atoms with E-state index in [9.17, 15) is 14.9 Å². The molecule has 0 atom stereocenters. The molecule has 3 aromatic rings. The van der Waals surface area contributed by atoms with Crippen LogP contribution in [0.5, 0.6) is 11.5 Å². The predicted molar refractivity (Wildman–Crippen MR) is 118 cm³/mol. The molecule has 31 heavy (non-hydrogen) atoms. The third kappa shape index (κ3) is 6.29. The highest BCUT2D eigenvalue weighted by Crippen LogP contribution is 2.27. The lowest BCUT2D eigenvalue weighted by molar-refractivity contribution is -0.384. The van der Waals surface area contributed by atoms with Gasteiger partial charge in [0.15, 0.2) is 18.1 Å². The average Bonchev–Trinajstić information content (AvgIpc) is 2.79. The number of nitro groups is 1. The molecule has 0 aliphatic carbocycles. The number of nitrogens with zero attached hydrogens (tertiary/aromatic N) is 2. The maximum atomic E-state index is 12.0. The summed E-state index contributed by atoms with van der Waals surface area (Å²) in [6.45, 7) is -0.166. The summed E-state index contributed by atoms with van der Waals surface area (Å²) in [5.41, 5.74) is 4.83. The van der Waals surface area contributed by atoms with Crippen LogP contribution in [0.25, 0.3) is 0 Å². The fraction of sp³-hybridized carbons (Fsp3) is 0.0909. The molecule has 0 spiro atoms. The summed E-state index contributed by atoms with van der Waals surface area (Å²) in [5.74, 6) is 0.587. The Balaban J connectivity index is 1.56. The maximum absolute atomic E-state index is 12.0. The first-order chi connectivity index (χ1) is 15.0. The molecule has 0 saturated heterocycles. The third-order valence-electron chi connectivity index (χ3n) is 4.09. The summed E-state index contributed by atoms with van der Waals surface area (Å²) in [5, 5.41) is 17.5. The highest BCUT2D eigenvalue weighted by molar-refractivity contribution is 5.91. The molecule has 0 fully saturated rings. The van der Waals surface area contributed by atoms with Gasteiger partial charge in [-0.2, -0.15) is 5.10 Å². The number of nitro benzene ring substituents is 1. The highest BCUT2D eigenvalue weighted by Gasteiger charge is 2.09. The zero-order chi connectivity index (χ0) is 22.1. The monoisotopic (exact) mass is 420 g/mol. The molecule has 2 N–H and O–H groups in total. The number of anilines is 2. The van der Waals surface area contributed by atoms with Crippen LogP contribution in [-0.2, 0) is 4.79 Å². The van der Waals surface area contributed by atoms with Gasteiger partial charge in [0, 0.05) is 17.8 Å². The molecule has 0 unspecified atom stereocenters. The smallest absolute Gasteiger partial charge is 0.269 e. The Hall–Kier alpha value is -4.40. The maximum Gasteiger partial charge on any atom is 0.269 e. The summed E-state index contributed by atoms with van der Waals surface area (Å²) in [7, 11) is 1.50. The topological polar surface area (TPSA) is 115 Å². The number of nitrogens with one attached hydrogen (secondary N) is 2. The Morgan fingerprint density at radius 3 is 2.45 bits per heavy atom. The lowest BCUT2D eigenvalue weighted by atomic mass is 10.2. The van der Waals surface area contributed by atoms with Crippen LogP contribution in [0.15, 0.2) is 77.9 Å². The van der Waals surface area contributed by atoms with Crippen LogP contribution in [0.1, 0.15) is 5.56 Å². The molecule has 1 amide bonds. The quantitative estimate of drug-likeness (QED) is 0.306. The number of hydrazone groups is 1. The third-order valence-corrected chi connectivity index (χ3v) is 4.09. The van der Waals surface area contributed by atoms with Crippen molar-refractivity contribution >= 4 is 29.2 Å². The van der Waals surface area contributed by atoms with E-state index in [1.165, 1.54) is 19.2 Å². The highest BCUT2D eigenvalue weighted by atomic mass is 16.6. The zero-order valence-corrected chi connectivity index (χ0v) is 16.6. The molecule has 0 aliphatic heterocycles. The summed E-state index contributed by atoms with van der Waals surface area (Å²) in [6, 6.07) is 20.2. The minimum atomic E-state index is -0.464. The van der Waals surface area contributed by atoms with Crippen molar-refractivity contribution in [2.24, 2.45) is 5.10 Å². The van der Waals surface area contributed by atoms with Crippen molar-refractivity contribution in [3.8, 4) is 11.5 Å². The number of carbonyl (C=O) groups is 1. The van der Waals surface area contributed by atoms with Crippen molar-refractivity contribution in [1.29, 1.82) is 0 Å². The van der Waals surface area contributed by atoms with E-state index in [1.54, 1.807) is 48.7 Å². The number of benzene rings is 3. The molecular weight excluding hydrogens is 400 g/mol. The first-order valence-electron chi connectivity index (χ1n) is 9.24. The van der Waals surface area contributed by atoms with Gasteiger partial charge in [0.2, 0.25) is 0 Å². The normalized spacial score (nSPS) is 10.5. The Labute approximate surface area is 178 Å². The largest absolute Gasteiger partial charge is 0.493 e. The van der Waals surface area contributed by atoms with E-state index in [2.05, 4.69) is 15.8 Å². The van der Waals surface area contributed by atoms with Crippen LogP contribution in [-0.4, -0.2) is 30.8 Å². The minimum absolute atomic E-state index is 0.00676. The number of hydrogen-bond donors (Lipinski definition) is 2. The van der Waals surface area contributed by atoms with Gasteiger partial charge in [0.1, 0.15) is 0 Å². The van der Waals surface area contributed by atoms with Crippen LogP contribution in [0, 0.1) is 10.1 Å². The first-order valence-corrected chi connectivity index (χ1v) is 9.24. The average molecular weight is 420 g/mol. The zero-order valence-electron chi connectivity index (χ0n) is 16.6. The van der Waals surface area contributed by atoms with Crippen LogP contribution in [0.3, 0.4) is 0 Å². The number of amides is 1. The predicted octanol–water partition coefficient (Wildman–Crippen LogP) is 4.07. The second-order valence-corrected chi connectivity index (χ2v) is 6.29. The van der Waals surface area contributed by atoms with E-state index in [-0.39, 0.29) is 18.2 Å². The van der Waals surface area contributed by atoms with Gasteiger partial charge in [-0.3, -0.25) is 20.3 Å². The van der Waals surface area contributed by atoms with E-state index < -0.39 is 4.92 Å². The van der Waals surface area contributed by atoms with Crippen LogP contribution < -0.4 is 20.2 Å². The molecule has 9 nitrogen and oxygen atoms in total. The van der Waals surface area contributed by atoms with Crippen molar-refractivity contribution < 1.29 is 19.2 Å². The molecule has 0 radical (unpaired) electrons. The van der Waals surface area contributed by atoms with Gasteiger partial charge in [0.25, 0.3) is 11.6 Å². The molecular formula is C22H20N4O5. The van der Waals surface area contributed by atoms with Gasteiger partial charge in [0.05, 0.1) is 23.9 Å². The van der Waals surface area contributed by atoms with Crippen molar-refractivity contribution in [3.05, 3.63) is 88.5 Å². The van der Waals surface area contributed by atoms with Gasteiger partial charge < -0.3 is 14.8 Å². The Bertz CT molecular complexity index is 1070. The molecule has 0 aromatic heterocycles. The van der Waals surface area contributed by atoms with Crippen LogP contribution in [0.4, 0.5) is 17.1 Å². The van der Waals surface area contributed by atoms with Gasteiger partial charge in [-0.1, -0.05) is 18.2 Å². The van der Waals surface area contributed by atoms with Crippen LogP contribution in [0.2, 0.25) is 0 Å². The number of ether oxygens (including phenoxy) is 2. The van der Waals surface area contributed by atoms with E-state index in [4.69, 9.17) is 9.47 Å². The summed E-state index contributed by atoms with van der Waals surface area (Å²) in [6.07, 6.45) is 1.57. The first kappa shape index (κ1) is 21.3. The molecule has 3 aromatic carbocycles. The Kier molecular flexibility index (Phi) is 7.15. The molecule has 3 rings (SSSR count). The van der Waals surface area contributed by atoms with E-state index >= 15 is 0 Å². The van der Waals surface area contributed by atoms with Gasteiger partial charge in [-0.25, -0.2) is 0 Å². The number of hydrogen-bond acceptors (Lipinski definition) is 7. The van der Waals surface area contributed by atoms with Crippen molar-refractivity contribution in [2.45, 2.75) is 0 Å². The fourth-order valence-electron chi connectivity index (χ4n) is 2.58. The number of para-hydroxylation sites is 1. The molecule has 0 saturated carbocycles. The van der Waals surface area contributed by atoms with Crippen molar-refractivity contribution in [1.82, 2.24) is 0 Å². The lowest BCUT2D eigenvalue weighted by Crippen LogP contribution is -2.20. The SMILES string of the molecule is COc1cc(/C=N/Nc2ccc([N+](=O)[O-])cc2)ccc1OCC(=O)Nc1ccccc1. The van der Waals surface area contributed by atoms with Crippen molar-refractivity contribution in [3.63, 3.8) is 0 Å². The van der Waals surface area contributed by atoms with Crippen LogP contribution >= 0.6 is 0 Å². The number of carbonyl (C=O) groups excluding carboxylic acids is 1. The molecule has 158 valence electrons. The second kappa shape index (κ2) is 10.4. The molecule has 9 heteroatoms. The number of non-ortho nitro benzene ring substituents is 1. The standard InChI is InChI=1S/C22H20N4O5/c1-30-21-13-16(14-23-25-18-8-10-19(11-9-18)26(28)29)7-12-20(21)31-15-22(27)24-17-5-3-2-4-6-17/h2-14,25H,15H2,1H3,(H,24,27)/b23-14+. The minimum Gasteiger partial charge on any atom is -0.493 e. The second-order valence-electron chi connectivity index (χ2n) is 6.29. The molecule has 0 bridgehead atoms. The Morgan fingerprint density at radius 1 is 1.03 bits per heavy atom. The molecule has 0 aliphatic rings. The summed E-state index contributed by atoms with van der Waals surface area (Å²) >= 11 is 0. The Morgan fingerprint density at radius 2 is 1.77 bits per heavy atom. The lowest BCUT2D eigenvalue weighted by Gasteiger charge is -2.11. The molecule has 0 heterocycles. The van der Waals surface area contributed by atoms with Crippen molar-refractivity contribution in [2.75, 3.05) is 24.5 Å². The van der Waals surface area contributed by atoms with E-state index in [1.807, 2.05) is 18.2 Å². The summed E-state index contributed by atoms with van der Waals surface area (Å²) in [4.78, 5) is 22.3. The number of rotatable bonds is 9. The van der Waals surface area contributed by atoms with Gasteiger partial charge >= 0.3 is 0 Å². The van der Waals surface area contributed by atoms with Gasteiger partial charge in [-0.15, -0.1) is 0 Å². The number of methoxy groups -OCH3 is 1.